The molecule has 1 aromatic rings. The van der Waals surface area contributed by atoms with Crippen LogP contribution in [-0.2, 0) is 13.0 Å². The summed E-state index contributed by atoms with van der Waals surface area (Å²) < 4.78 is 0. The normalized spacial score (nSPS) is 17.4. The first kappa shape index (κ1) is 14.8. The van der Waals surface area contributed by atoms with Crippen molar-refractivity contribution in [2.24, 2.45) is 0 Å². The van der Waals surface area contributed by atoms with Crippen LogP contribution in [0.15, 0.2) is 0 Å². The number of hydrogen-bond acceptors (Lipinski definition) is 4. The minimum Gasteiger partial charge on any atom is -0.348 e. The van der Waals surface area contributed by atoms with Gasteiger partial charge in [-0.15, -0.1) is 11.3 Å². The molecule has 3 nitrogen and oxygen atoms in total. The predicted molar refractivity (Wildman–Crippen MR) is 84.1 cm³/mol. The van der Waals surface area contributed by atoms with Crippen molar-refractivity contribution in [1.82, 2.24) is 10.3 Å². The molecule has 1 aromatic heterocycles. The Balaban J connectivity index is 2.10. The second kappa shape index (κ2) is 7.25. The standard InChI is InChI=1S/C15H27N3S/c1-4-13-14(11-16-2)19-15(17-13)18(3)12-9-7-5-6-8-10-12/h12,16H,4-11H2,1-3H3. The van der Waals surface area contributed by atoms with E-state index in [1.807, 2.05) is 18.4 Å². The molecule has 0 radical (unpaired) electrons. The molecule has 1 aliphatic carbocycles. The van der Waals surface area contributed by atoms with Crippen molar-refractivity contribution in [3.63, 3.8) is 0 Å². The Hall–Kier alpha value is -0.610. The number of nitrogens with one attached hydrogen (secondary N) is 1. The second-order valence-corrected chi connectivity index (χ2v) is 6.57. The summed E-state index contributed by atoms with van der Waals surface area (Å²) in [5, 5.41) is 4.47. The van der Waals surface area contributed by atoms with E-state index < -0.39 is 0 Å². The number of nitrogens with zero attached hydrogens (tertiary/aromatic N) is 2. The molecule has 0 unspecified atom stereocenters. The zero-order chi connectivity index (χ0) is 13.7. The van der Waals surface area contributed by atoms with Crippen LogP contribution in [0.25, 0.3) is 0 Å². The van der Waals surface area contributed by atoms with E-state index in [4.69, 9.17) is 4.98 Å². The van der Waals surface area contributed by atoms with Gasteiger partial charge in [-0.05, 0) is 26.3 Å². The highest BCUT2D eigenvalue weighted by molar-refractivity contribution is 7.15. The highest BCUT2D eigenvalue weighted by Crippen LogP contribution is 2.30. The first-order chi connectivity index (χ1) is 9.26. The smallest absolute Gasteiger partial charge is 0.185 e. The Bertz CT molecular complexity index is 381. The van der Waals surface area contributed by atoms with Crippen LogP contribution in [0, 0.1) is 0 Å². The van der Waals surface area contributed by atoms with Gasteiger partial charge in [0.15, 0.2) is 5.13 Å². The Labute approximate surface area is 121 Å². The summed E-state index contributed by atoms with van der Waals surface area (Å²) in [6.45, 7) is 3.14. The van der Waals surface area contributed by atoms with Crippen LogP contribution < -0.4 is 10.2 Å². The van der Waals surface area contributed by atoms with Gasteiger partial charge in [0.05, 0.1) is 5.69 Å². The largest absolute Gasteiger partial charge is 0.348 e. The molecule has 1 N–H and O–H groups in total. The van der Waals surface area contributed by atoms with Crippen LogP contribution in [0.1, 0.15) is 56.0 Å². The highest BCUT2D eigenvalue weighted by Gasteiger charge is 2.20. The summed E-state index contributed by atoms with van der Waals surface area (Å²) in [4.78, 5) is 8.70. The molecule has 1 fully saturated rings. The summed E-state index contributed by atoms with van der Waals surface area (Å²) >= 11 is 1.87. The molecule has 0 atom stereocenters. The fourth-order valence-electron chi connectivity index (χ4n) is 2.90. The van der Waals surface area contributed by atoms with Gasteiger partial charge in [0.25, 0.3) is 0 Å². The summed E-state index contributed by atoms with van der Waals surface area (Å²) in [6.07, 6.45) is 9.28. The van der Waals surface area contributed by atoms with Crippen molar-refractivity contribution < 1.29 is 0 Å². The third-order valence-electron chi connectivity index (χ3n) is 4.11. The lowest BCUT2D eigenvalue weighted by atomic mass is 10.1. The Morgan fingerprint density at radius 3 is 2.53 bits per heavy atom. The zero-order valence-corrected chi connectivity index (χ0v) is 13.4. The quantitative estimate of drug-likeness (QED) is 0.836. The summed E-state index contributed by atoms with van der Waals surface area (Å²) in [7, 11) is 4.24. The van der Waals surface area contributed by atoms with Gasteiger partial charge in [0.2, 0.25) is 0 Å². The first-order valence-electron chi connectivity index (χ1n) is 7.62. The molecule has 0 saturated heterocycles. The molecular weight excluding hydrogens is 254 g/mol. The summed E-state index contributed by atoms with van der Waals surface area (Å²) in [5.41, 5.74) is 1.27. The lowest BCUT2D eigenvalue weighted by Gasteiger charge is -2.26. The van der Waals surface area contributed by atoms with Crippen LogP contribution in [0.4, 0.5) is 5.13 Å². The fraction of sp³-hybridized carbons (Fsp3) is 0.800. The van der Waals surface area contributed by atoms with Gasteiger partial charge in [-0.1, -0.05) is 32.6 Å². The van der Waals surface area contributed by atoms with Crippen molar-refractivity contribution in [3.05, 3.63) is 10.6 Å². The van der Waals surface area contributed by atoms with Crippen molar-refractivity contribution in [1.29, 1.82) is 0 Å². The van der Waals surface area contributed by atoms with E-state index in [1.165, 1.54) is 54.2 Å². The van der Waals surface area contributed by atoms with Gasteiger partial charge < -0.3 is 10.2 Å². The van der Waals surface area contributed by atoms with Gasteiger partial charge in [-0.3, -0.25) is 0 Å². The first-order valence-corrected chi connectivity index (χ1v) is 8.44. The van der Waals surface area contributed by atoms with Crippen molar-refractivity contribution >= 4 is 16.5 Å². The SMILES string of the molecule is CCc1nc(N(C)C2CCCCCC2)sc1CNC. The zero-order valence-electron chi connectivity index (χ0n) is 12.5. The van der Waals surface area contributed by atoms with Crippen LogP contribution in [-0.4, -0.2) is 25.1 Å². The average Bonchev–Trinajstić information content (AvgIpc) is 2.64. The van der Waals surface area contributed by atoms with Crippen molar-refractivity contribution in [3.8, 4) is 0 Å². The highest BCUT2D eigenvalue weighted by atomic mass is 32.1. The molecule has 0 amide bonds. The van der Waals surface area contributed by atoms with E-state index in [-0.39, 0.29) is 0 Å². The third kappa shape index (κ3) is 3.69. The number of thiazole rings is 1. The van der Waals surface area contributed by atoms with Gasteiger partial charge in [-0.25, -0.2) is 4.98 Å². The van der Waals surface area contributed by atoms with Crippen LogP contribution >= 0.6 is 11.3 Å². The van der Waals surface area contributed by atoms with E-state index in [0.29, 0.717) is 6.04 Å². The minimum absolute atomic E-state index is 0.695. The molecule has 19 heavy (non-hydrogen) atoms. The molecular formula is C15H27N3S. The van der Waals surface area contributed by atoms with Gasteiger partial charge >= 0.3 is 0 Å². The molecule has 1 saturated carbocycles. The summed E-state index contributed by atoms with van der Waals surface area (Å²) in [5.74, 6) is 0. The average molecular weight is 281 g/mol. The molecule has 2 rings (SSSR count). The Kier molecular flexibility index (Phi) is 5.64. The number of aromatic nitrogens is 1. The number of anilines is 1. The maximum absolute atomic E-state index is 4.86. The molecule has 0 aromatic carbocycles. The molecule has 4 heteroatoms. The Morgan fingerprint density at radius 2 is 1.95 bits per heavy atom. The van der Waals surface area contributed by atoms with Crippen LogP contribution in [0.5, 0.6) is 0 Å². The van der Waals surface area contributed by atoms with E-state index in [0.717, 1.165) is 13.0 Å². The van der Waals surface area contributed by atoms with E-state index in [2.05, 4.69) is 24.2 Å². The molecule has 0 spiro atoms. The Morgan fingerprint density at radius 1 is 1.26 bits per heavy atom. The van der Waals surface area contributed by atoms with E-state index >= 15 is 0 Å². The van der Waals surface area contributed by atoms with E-state index in [9.17, 15) is 0 Å². The molecule has 1 heterocycles. The topological polar surface area (TPSA) is 28.2 Å². The van der Waals surface area contributed by atoms with Crippen molar-refractivity contribution in [2.75, 3.05) is 19.0 Å². The maximum atomic E-state index is 4.86. The molecule has 0 aliphatic heterocycles. The molecule has 1 aliphatic rings. The predicted octanol–water partition coefficient (Wildman–Crippen LogP) is 3.58. The summed E-state index contributed by atoms with van der Waals surface area (Å²) in [6, 6.07) is 0.695. The number of hydrogen-bond donors (Lipinski definition) is 1. The maximum Gasteiger partial charge on any atom is 0.185 e. The van der Waals surface area contributed by atoms with Crippen molar-refractivity contribution in [2.45, 2.75) is 64.5 Å². The lowest BCUT2D eigenvalue weighted by molar-refractivity contribution is 0.552. The number of aryl methyl sites for hydroxylation is 1. The lowest BCUT2D eigenvalue weighted by Crippen LogP contribution is -2.30. The molecule has 0 bridgehead atoms. The van der Waals surface area contributed by atoms with Crippen LogP contribution in [0.3, 0.4) is 0 Å². The van der Waals surface area contributed by atoms with Gasteiger partial charge in [-0.2, -0.15) is 0 Å². The monoisotopic (exact) mass is 281 g/mol. The van der Waals surface area contributed by atoms with E-state index in [1.54, 1.807) is 0 Å². The fourth-order valence-corrected chi connectivity index (χ4v) is 4.09. The minimum atomic E-state index is 0.695. The third-order valence-corrected chi connectivity index (χ3v) is 5.30. The van der Waals surface area contributed by atoms with Gasteiger partial charge in [0.1, 0.15) is 0 Å². The second-order valence-electron chi connectivity index (χ2n) is 5.51. The number of rotatable bonds is 5. The molecule has 108 valence electrons. The van der Waals surface area contributed by atoms with Gasteiger partial charge in [0, 0.05) is 24.5 Å². The van der Waals surface area contributed by atoms with Crippen LogP contribution in [0.2, 0.25) is 0 Å².